The van der Waals surface area contributed by atoms with Crippen LogP contribution in [0.2, 0.25) is 0 Å². The van der Waals surface area contributed by atoms with Gasteiger partial charge in [-0.05, 0) is 37.5 Å². The van der Waals surface area contributed by atoms with Gasteiger partial charge in [0.2, 0.25) is 0 Å². The van der Waals surface area contributed by atoms with Crippen LogP contribution in [0.5, 0.6) is 0 Å². The molecule has 2 saturated heterocycles. The molecule has 2 heterocycles. The number of rotatable bonds is 4. The van der Waals surface area contributed by atoms with Gasteiger partial charge in [-0.2, -0.15) is 0 Å². The van der Waals surface area contributed by atoms with Crippen LogP contribution in [0.25, 0.3) is 0 Å². The highest BCUT2D eigenvalue weighted by molar-refractivity contribution is 6.35. The highest BCUT2D eigenvalue weighted by Gasteiger charge is 2.38. The van der Waals surface area contributed by atoms with Gasteiger partial charge in [0.05, 0.1) is 0 Å². The van der Waals surface area contributed by atoms with E-state index in [0.717, 1.165) is 11.1 Å². The third-order valence-electron chi connectivity index (χ3n) is 6.02. The predicted octanol–water partition coefficient (Wildman–Crippen LogP) is 2.47. The summed E-state index contributed by atoms with van der Waals surface area (Å²) in [6, 6.07) is 17.4. The Kier molecular flexibility index (Phi) is 5.84. The second kappa shape index (κ2) is 8.69. The van der Waals surface area contributed by atoms with Crippen molar-refractivity contribution in [2.24, 2.45) is 0 Å². The summed E-state index contributed by atoms with van der Waals surface area (Å²) in [7, 11) is 0. The minimum atomic E-state index is -0.427. The fourth-order valence-corrected chi connectivity index (χ4v) is 4.33. The summed E-state index contributed by atoms with van der Waals surface area (Å²) in [6.07, 6.45) is 1.41. The van der Waals surface area contributed by atoms with Crippen molar-refractivity contribution >= 4 is 17.7 Å². The molecule has 0 radical (unpaired) electrons. The summed E-state index contributed by atoms with van der Waals surface area (Å²) in [4.78, 5) is 43.3. The van der Waals surface area contributed by atoms with Gasteiger partial charge < -0.3 is 14.7 Å². The molecule has 2 fully saturated rings. The van der Waals surface area contributed by atoms with Crippen molar-refractivity contribution in [3.8, 4) is 0 Å². The van der Waals surface area contributed by atoms with E-state index >= 15 is 0 Å². The first-order valence-electron chi connectivity index (χ1n) is 10.5. The van der Waals surface area contributed by atoms with Gasteiger partial charge in [-0.25, -0.2) is 0 Å². The molecule has 0 saturated carbocycles. The van der Waals surface area contributed by atoms with Gasteiger partial charge >= 0.3 is 11.8 Å². The minimum absolute atomic E-state index is 0.0156. The number of piperidine rings is 1. The molecule has 0 bridgehead atoms. The number of benzene rings is 2. The molecular formula is C24H27N3O3. The Morgan fingerprint density at radius 1 is 0.900 bits per heavy atom. The smallest absolute Gasteiger partial charge is 0.312 e. The lowest BCUT2D eigenvalue weighted by atomic mass is 10.0. The van der Waals surface area contributed by atoms with Gasteiger partial charge in [-0.1, -0.05) is 48.0 Å². The topological polar surface area (TPSA) is 60.9 Å². The van der Waals surface area contributed by atoms with Gasteiger partial charge in [0.1, 0.15) is 0 Å². The first kappa shape index (κ1) is 20.1. The van der Waals surface area contributed by atoms with E-state index < -0.39 is 11.8 Å². The quantitative estimate of drug-likeness (QED) is 0.735. The molecule has 0 aliphatic carbocycles. The Morgan fingerprint density at radius 2 is 1.63 bits per heavy atom. The van der Waals surface area contributed by atoms with Crippen molar-refractivity contribution < 1.29 is 14.4 Å². The van der Waals surface area contributed by atoms with Crippen LogP contribution in [0.3, 0.4) is 0 Å². The van der Waals surface area contributed by atoms with Crippen LogP contribution >= 0.6 is 0 Å². The summed E-state index contributed by atoms with van der Waals surface area (Å²) < 4.78 is 0. The van der Waals surface area contributed by atoms with Gasteiger partial charge in [0, 0.05) is 44.3 Å². The van der Waals surface area contributed by atoms with Crippen LogP contribution < -0.4 is 0 Å². The molecule has 156 valence electrons. The SMILES string of the molecule is Cc1cccc(C(=O)N2CCC(N3CCN(Cc4ccccc4)C(=O)C3=O)CC2)c1. The molecule has 2 aliphatic heterocycles. The maximum atomic E-state index is 12.8. The molecule has 0 N–H and O–H groups in total. The Labute approximate surface area is 177 Å². The Morgan fingerprint density at radius 3 is 2.33 bits per heavy atom. The van der Waals surface area contributed by atoms with E-state index in [9.17, 15) is 14.4 Å². The first-order valence-corrected chi connectivity index (χ1v) is 10.5. The van der Waals surface area contributed by atoms with Gasteiger partial charge in [0.15, 0.2) is 0 Å². The largest absolute Gasteiger partial charge is 0.338 e. The lowest BCUT2D eigenvalue weighted by molar-refractivity contribution is -0.158. The van der Waals surface area contributed by atoms with Crippen molar-refractivity contribution in [3.63, 3.8) is 0 Å². The zero-order valence-corrected chi connectivity index (χ0v) is 17.3. The van der Waals surface area contributed by atoms with Crippen LogP contribution in [0.15, 0.2) is 54.6 Å². The third-order valence-corrected chi connectivity index (χ3v) is 6.02. The second-order valence-electron chi connectivity index (χ2n) is 8.10. The predicted molar refractivity (Wildman–Crippen MR) is 114 cm³/mol. The molecule has 0 spiro atoms. The highest BCUT2D eigenvalue weighted by atomic mass is 16.2. The van der Waals surface area contributed by atoms with Gasteiger partial charge in [-0.3, -0.25) is 14.4 Å². The van der Waals surface area contributed by atoms with Crippen molar-refractivity contribution in [1.29, 1.82) is 0 Å². The number of likely N-dealkylation sites (tertiary alicyclic amines) is 1. The maximum absolute atomic E-state index is 12.8. The molecule has 30 heavy (non-hydrogen) atoms. The third kappa shape index (κ3) is 4.22. The zero-order chi connectivity index (χ0) is 21.1. The number of amides is 3. The number of carbonyl (C=O) groups is 3. The number of aryl methyl sites for hydroxylation is 1. The molecule has 6 nitrogen and oxygen atoms in total. The number of nitrogens with zero attached hydrogens (tertiary/aromatic N) is 3. The molecule has 2 aliphatic rings. The number of piperazine rings is 1. The zero-order valence-electron chi connectivity index (χ0n) is 17.3. The average Bonchev–Trinajstić information content (AvgIpc) is 2.77. The second-order valence-corrected chi connectivity index (χ2v) is 8.10. The fraction of sp³-hybridized carbons (Fsp3) is 0.375. The first-order chi connectivity index (χ1) is 14.5. The molecular weight excluding hydrogens is 378 g/mol. The lowest BCUT2D eigenvalue weighted by Gasteiger charge is -2.42. The highest BCUT2D eigenvalue weighted by Crippen LogP contribution is 2.22. The average molecular weight is 405 g/mol. The Bertz CT molecular complexity index is 936. The van der Waals surface area contributed by atoms with Crippen molar-refractivity contribution in [1.82, 2.24) is 14.7 Å². The van der Waals surface area contributed by atoms with Gasteiger partial charge in [0.25, 0.3) is 5.91 Å². The fourth-order valence-electron chi connectivity index (χ4n) is 4.33. The monoisotopic (exact) mass is 405 g/mol. The Balaban J connectivity index is 1.33. The normalized spacial score (nSPS) is 18.1. The van der Waals surface area contributed by atoms with E-state index in [1.54, 1.807) is 9.80 Å². The molecule has 2 aromatic rings. The molecule has 4 rings (SSSR count). The Hall–Kier alpha value is -3.15. The molecule has 0 aromatic heterocycles. The summed E-state index contributed by atoms with van der Waals surface area (Å²) in [5.41, 5.74) is 2.79. The number of hydrogen-bond acceptors (Lipinski definition) is 3. The van der Waals surface area contributed by atoms with Gasteiger partial charge in [-0.15, -0.1) is 0 Å². The van der Waals surface area contributed by atoms with Crippen molar-refractivity contribution in [2.45, 2.75) is 32.4 Å². The number of carbonyl (C=O) groups excluding carboxylic acids is 3. The van der Waals surface area contributed by atoms with Crippen molar-refractivity contribution in [2.75, 3.05) is 26.2 Å². The van der Waals surface area contributed by atoms with Crippen LogP contribution in [-0.4, -0.2) is 64.6 Å². The van der Waals surface area contributed by atoms with E-state index in [1.165, 1.54) is 0 Å². The van der Waals surface area contributed by atoms with Crippen LogP contribution in [0, 0.1) is 6.92 Å². The summed E-state index contributed by atoms with van der Waals surface area (Å²) in [6.45, 7) is 4.73. The van der Waals surface area contributed by atoms with Crippen LogP contribution in [0.1, 0.15) is 34.3 Å². The van der Waals surface area contributed by atoms with Crippen molar-refractivity contribution in [3.05, 3.63) is 71.3 Å². The van der Waals surface area contributed by atoms with Crippen LogP contribution in [-0.2, 0) is 16.1 Å². The molecule has 2 aromatic carbocycles. The van der Waals surface area contributed by atoms with Crippen LogP contribution in [0.4, 0.5) is 0 Å². The van der Waals surface area contributed by atoms with E-state index in [4.69, 9.17) is 0 Å². The molecule has 6 heteroatoms. The van der Waals surface area contributed by atoms with E-state index in [0.29, 0.717) is 51.1 Å². The number of hydrogen-bond donors (Lipinski definition) is 0. The van der Waals surface area contributed by atoms with E-state index in [-0.39, 0.29) is 11.9 Å². The summed E-state index contributed by atoms with van der Waals surface area (Å²) in [5, 5.41) is 0. The molecule has 3 amide bonds. The van der Waals surface area contributed by atoms with E-state index in [1.807, 2.05) is 66.4 Å². The summed E-state index contributed by atoms with van der Waals surface area (Å²) >= 11 is 0. The molecule has 0 atom stereocenters. The maximum Gasteiger partial charge on any atom is 0.312 e. The lowest BCUT2D eigenvalue weighted by Crippen LogP contribution is -2.59. The summed E-state index contributed by atoms with van der Waals surface area (Å²) in [5.74, 6) is -0.809. The molecule has 0 unspecified atom stereocenters. The van der Waals surface area contributed by atoms with E-state index in [2.05, 4.69) is 0 Å². The minimum Gasteiger partial charge on any atom is -0.338 e. The standard InChI is InChI=1S/C24H27N3O3/c1-18-6-5-9-20(16-18)22(28)25-12-10-21(11-13-25)27-15-14-26(23(29)24(27)30)17-19-7-3-2-4-8-19/h2-9,16,21H,10-15,17H2,1H3.